The maximum Gasteiger partial charge on any atom is 0.147 e. The molecule has 1 aromatic heterocycles. The van der Waals surface area contributed by atoms with E-state index in [0.717, 1.165) is 24.6 Å². The molecule has 0 spiro atoms. The van der Waals surface area contributed by atoms with E-state index in [0.29, 0.717) is 12.1 Å². The van der Waals surface area contributed by atoms with Crippen molar-refractivity contribution in [2.75, 3.05) is 6.54 Å². The molecule has 1 N–H and O–H groups in total. The summed E-state index contributed by atoms with van der Waals surface area (Å²) in [4.78, 5) is 4.32. The van der Waals surface area contributed by atoms with Crippen LogP contribution in [0.5, 0.6) is 0 Å². The van der Waals surface area contributed by atoms with E-state index < -0.39 is 0 Å². The van der Waals surface area contributed by atoms with Crippen LogP contribution in [0.3, 0.4) is 0 Å². The Morgan fingerprint density at radius 3 is 2.47 bits per heavy atom. The molecule has 2 unspecified atom stereocenters. The number of aryl methyl sites for hydroxylation is 2. The molecule has 0 aliphatic heterocycles. The van der Waals surface area contributed by atoms with Crippen molar-refractivity contribution in [3.63, 3.8) is 0 Å². The summed E-state index contributed by atoms with van der Waals surface area (Å²) in [6.45, 7) is 11.5. The third-order valence-corrected chi connectivity index (χ3v) is 2.57. The lowest BCUT2D eigenvalue weighted by molar-refractivity contribution is 0.386. The Hall–Kier alpha value is -0.900. The smallest absolute Gasteiger partial charge is 0.147 e. The minimum Gasteiger partial charge on any atom is -0.314 e. The number of nitrogens with one attached hydrogen (secondary N) is 1. The van der Waals surface area contributed by atoms with Crippen LogP contribution in [0.25, 0.3) is 0 Å². The van der Waals surface area contributed by atoms with Crippen LogP contribution in [0.1, 0.15) is 44.9 Å². The monoisotopic (exact) mass is 210 g/mol. The number of aromatic nitrogens is 3. The molecule has 0 aromatic carbocycles. The molecule has 0 bridgehead atoms. The molecule has 4 heteroatoms. The van der Waals surface area contributed by atoms with E-state index in [1.54, 1.807) is 0 Å². The molecule has 0 saturated carbocycles. The van der Waals surface area contributed by atoms with Gasteiger partial charge in [0.15, 0.2) is 0 Å². The van der Waals surface area contributed by atoms with Gasteiger partial charge in [-0.2, -0.15) is 5.10 Å². The van der Waals surface area contributed by atoms with E-state index in [1.807, 2.05) is 18.5 Å². The van der Waals surface area contributed by atoms with Crippen molar-refractivity contribution in [2.45, 2.75) is 53.1 Å². The Bertz CT molecular complexity index is 306. The van der Waals surface area contributed by atoms with Crippen LogP contribution < -0.4 is 5.32 Å². The summed E-state index contributed by atoms with van der Waals surface area (Å²) in [7, 11) is 0. The highest BCUT2D eigenvalue weighted by molar-refractivity contribution is 4.90. The Balaban J connectivity index is 2.60. The van der Waals surface area contributed by atoms with Crippen LogP contribution in [0.15, 0.2) is 0 Å². The summed E-state index contributed by atoms with van der Waals surface area (Å²) in [5.41, 5.74) is 0. The SMILES string of the molecule is CCNC(C)CC(C)n1nc(C)nc1C. The van der Waals surface area contributed by atoms with Crippen LogP contribution >= 0.6 is 0 Å². The van der Waals surface area contributed by atoms with Gasteiger partial charge in [-0.25, -0.2) is 9.67 Å². The van der Waals surface area contributed by atoms with Gasteiger partial charge in [0.1, 0.15) is 11.6 Å². The van der Waals surface area contributed by atoms with Crippen LogP contribution in [-0.2, 0) is 0 Å². The molecular weight excluding hydrogens is 188 g/mol. The van der Waals surface area contributed by atoms with Crippen LogP contribution in [0.4, 0.5) is 0 Å². The second kappa shape index (κ2) is 5.26. The third kappa shape index (κ3) is 3.30. The molecule has 4 nitrogen and oxygen atoms in total. The second-order valence-corrected chi connectivity index (χ2v) is 4.19. The fourth-order valence-electron chi connectivity index (χ4n) is 2.00. The molecule has 0 saturated heterocycles. The zero-order chi connectivity index (χ0) is 11.4. The van der Waals surface area contributed by atoms with E-state index in [-0.39, 0.29) is 0 Å². The summed E-state index contributed by atoms with van der Waals surface area (Å²) in [6, 6.07) is 0.925. The zero-order valence-corrected chi connectivity index (χ0v) is 10.4. The lowest BCUT2D eigenvalue weighted by Crippen LogP contribution is -2.28. The van der Waals surface area contributed by atoms with Gasteiger partial charge in [-0.3, -0.25) is 0 Å². The molecule has 2 atom stereocenters. The molecule has 0 aliphatic rings. The van der Waals surface area contributed by atoms with Crippen molar-refractivity contribution in [1.29, 1.82) is 0 Å². The number of rotatable bonds is 5. The lowest BCUT2D eigenvalue weighted by Gasteiger charge is -2.18. The molecule has 0 amide bonds. The first-order valence-corrected chi connectivity index (χ1v) is 5.67. The summed E-state index contributed by atoms with van der Waals surface area (Å²) >= 11 is 0. The standard InChI is InChI=1S/C11H22N4/c1-6-12-8(2)7-9(3)15-11(5)13-10(4)14-15/h8-9,12H,6-7H2,1-5H3. The third-order valence-electron chi connectivity index (χ3n) is 2.57. The average Bonchev–Trinajstić information content (AvgIpc) is 2.45. The van der Waals surface area contributed by atoms with Crippen molar-refractivity contribution in [3.8, 4) is 0 Å². The number of nitrogens with zero attached hydrogens (tertiary/aromatic N) is 3. The fraction of sp³-hybridized carbons (Fsp3) is 0.818. The van der Waals surface area contributed by atoms with Crippen molar-refractivity contribution in [2.24, 2.45) is 0 Å². The Morgan fingerprint density at radius 1 is 1.33 bits per heavy atom. The van der Waals surface area contributed by atoms with Gasteiger partial charge in [0, 0.05) is 6.04 Å². The Labute approximate surface area is 92.1 Å². The van der Waals surface area contributed by atoms with E-state index in [1.165, 1.54) is 0 Å². The van der Waals surface area contributed by atoms with Crippen LogP contribution in [-0.4, -0.2) is 27.4 Å². The van der Waals surface area contributed by atoms with Crippen molar-refractivity contribution < 1.29 is 0 Å². The van der Waals surface area contributed by atoms with E-state index in [2.05, 4.69) is 36.2 Å². The van der Waals surface area contributed by atoms with Gasteiger partial charge in [0.25, 0.3) is 0 Å². The number of hydrogen-bond donors (Lipinski definition) is 1. The zero-order valence-electron chi connectivity index (χ0n) is 10.4. The first kappa shape index (κ1) is 12.2. The van der Waals surface area contributed by atoms with Crippen LogP contribution in [0, 0.1) is 13.8 Å². The molecular formula is C11H22N4. The second-order valence-electron chi connectivity index (χ2n) is 4.19. The van der Waals surface area contributed by atoms with Gasteiger partial charge >= 0.3 is 0 Å². The highest BCUT2D eigenvalue weighted by Crippen LogP contribution is 2.13. The maximum atomic E-state index is 4.40. The largest absolute Gasteiger partial charge is 0.314 e. The van der Waals surface area contributed by atoms with Crippen molar-refractivity contribution >= 4 is 0 Å². The van der Waals surface area contributed by atoms with Gasteiger partial charge < -0.3 is 5.32 Å². The molecule has 1 heterocycles. The molecule has 0 aliphatic carbocycles. The van der Waals surface area contributed by atoms with E-state index >= 15 is 0 Å². The predicted molar refractivity (Wildman–Crippen MR) is 62.0 cm³/mol. The average molecular weight is 210 g/mol. The Kier molecular flexibility index (Phi) is 4.27. The molecule has 15 heavy (non-hydrogen) atoms. The first-order chi connectivity index (χ1) is 7.04. The van der Waals surface area contributed by atoms with Crippen molar-refractivity contribution in [3.05, 3.63) is 11.6 Å². The topological polar surface area (TPSA) is 42.7 Å². The number of hydrogen-bond acceptors (Lipinski definition) is 3. The normalized spacial score (nSPS) is 15.3. The maximum absolute atomic E-state index is 4.40. The molecule has 0 radical (unpaired) electrons. The minimum atomic E-state index is 0.403. The lowest BCUT2D eigenvalue weighted by atomic mass is 10.1. The van der Waals surface area contributed by atoms with Gasteiger partial charge in [-0.1, -0.05) is 6.92 Å². The van der Waals surface area contributed by atoms with Gasteiger partial charge in [-0.15, -0.1) is 0 Å². The highest BCUT2D eigenvalue weighted by Gasteiger charge is 2.13. The van der Waals surface area contributed by atoms with E-state index in [9.17, 15) is 0 Å². The molecule has 0 fully saturated rings. The van der Waals surface area contributed by atoms with Gasteiger partial charge in [0.05, 0.1) is 6.04 Å². The summed E-state index contributed by atoms with van der Waals surface area (Å²) in [5.74, 6) is 1.86. The minimum absolute atomic E-state index is 0.403. The molecule has 1 rings (SSSR count). The summed E-state index contributed by atoms with van der Waals surface area (Å²) < 4.78 is 2.02. The van der Waals surface area contributed by atoms with Gasteiger partial charge in [-0.05, 0) is 40.7 Å². The quantitative estimate of drug-likeness (QED) is 0.806. The summed E-state index contributed by atoms with van der Waals surface area (Å²) in [6.07, 6.45) is 1.08. The van der Waals surface area contributed by atoms with Crippen molar-refractivity contribution in [1.82, 2.24) is 20.1 Å². The van der Waals surface area contributed by atoms with Crippen LogP contribution in [0.2, 0.25) is 0 Å². The Morgan fingerprint density at radius 2 is 2.00 bits per heavy atom. The van der Waals surface area contributed by atoms with E-state index in [4.69, 9.17) is 0 Å². The molecule has 1 aromatic rings. The first-order valence-electron chi connectivity index (χ1n) is 5.67. The summed E-state index contributed by atoms with van der Waals surface area (Å²) in [5, 5.41) is 7.81. The predicted octanol–water partition coefficient (Wildman–Crippen LogP) is 1.84. The van der Waals surface area contributed by atoms with Gasteiger partial charge in [0.2, 0.25) is 0 Å². The fourth-order valence-corrected chi connectivity index (χ4v) is 2.00. The highest BCUT2D eigenvalue weighted by atomic mass is 15.4. The molecule has 86 valence electrons.